The second-order valence-corrected chi connectivity index (χ2v) is 5.72. The Morgan fingerprint density at radius 3 is 2.33 bits per heavy atom. The number of methoxy groups -OCH3 is 2. The average Bonchev–Trinajstić information content (AvgIpc) is 2.49. The molecule has 0 bridgehead atoms. The Balaban J connectivity index is 2.54. The fourth-order valence-corrected chi connectivity index (χ4v) is 2.71. The second kappa shape index (κ2) is 9.91. The van der Waals surface area contributed by atoms with Gasteiger partial charge in [0.25, 0.3) is 0 Å². The summed E-state index contributed by atoms with van der Waals surface area (Å²) in [4.78, 5) is 0. The van der Waals surface area contributed by atoms with Gasteiger partial charge < -0.3 is 14.6 Å². The van der Waals surface area contributed by atoms with Crippen molar-refractivity contribution in [3.8, 4) is 11.5 Å². The summed E-state index contributed by atoms with van der Waals surface area (Å²) in [6.07, 6.45) is 7.52. The van der Waals surface area contributed by atoms with Crippen LogP contribution >= 0.6 is 11.6 Å². The van der Waals surface area contributed by atoms with Gasteiger partial charge in [0, 0.05) is 0 Å². The van der Waals surface area contributed by atoms with Gasteiger partial charge in [-0.25, -0.2) is 0 Å². The van der Waals surface area contributed by atoms with E-state index in [0.29, 0.717) is 16.5 Å². The maximum Gasteiger partial charge on any atom is 0.179 e. The van der Waals surface area contributed by atoms with E-state index >= 15 is 0 Å². The number of aliphatic hydroxyl groups is 1. The van der Waals surface area contributed by atoms with E-state index in [0.717, 1.165) is 24.8 Å². The van der Waals surface area contributed by atoms with Crippen LogP contribution in [-0.2, 0) is 0 Å². The van der Waals surface area contributed by atoms with Gasteiger partial charge in [-0.05, 0) is 24.1 Å². The Kier molecular flexibility index (Phi) is 8.55. The summed E-state index contributed by atoms with van der Waals surface area (Å²) in [6.45, 7) is 2.21. The third-order valence-electron chi connectivity index (χ3n) is 3.67. The highest BCUT2D eigenvalue weighted by atomic mass is 35.5. The molecular formula is C17H27ClO3. The predicted octanol–water partition coefficient (Wildman–Crippen LogP) is 5.14. The van der Waals surface area contributed by atoms with Crippen LogP contribution in [0.15, 0.2) is 12.1 Å². The fraction of sp³-hybridized carbons (Fsp3) is 0.647. The zero-order valence-electron chi connectivity index (χ0n) is 13.3. The summed E-state index contributed by atoms with van der Waals surface area (Å²) >= 11 is 6.16. The summed E-state index contributed by atoms with van der Waals surface area (Å²) in [5.74, 6) is 1.07. The first-order valence-electron chi connectivity index (χ1n) is 7.73. The van der Waals surface area contributed by atoms with Gasteiger partial charge in [-0.2, -0.15) is 0 Å². The monoisotopic (exact) mass is 314 g/mol. The van der Waals surface area contributed by atoms with Crippen molar-refractivity contribution >= 4 is 11.6 Å². The molecule has 0 aliphatic rings. The minimum atomic E-state index is -0.506. The van der Waals surface area contributed by atoms with E-state index in [1.54, 1.807) is 26.4 Å². The summed E-state index contributed by atoms with van der Waals surface area (Å²) in [5.41, 5.74) is 0.784. The number of rotatable bonds is 10. The Hall–Kier alpha value is -0.930. The molecule has 120 valence electrons. The molecule has 1 aromatic carbocycles. The fourth-order valence-electron chi connectivity index (χ4n) is 2.41. The van der Waals surface area contributed by atoms with Crippen molar-refractivity contribution in [1.82, 2.24) is 0 Å². The molecule has 0 heterocycles. The lowest BCUT2D eigenvalue weighted by Crippen LogP contribution is -2.00. The molecule has 0 aromatic heterocycles. The van der Waals surface area contributed by atoms with Gasteiger partial charge in [0.1, 0.15) is 0 Å². The summed E-state index contributed by atoms with van der Waals surface area (Å²) < 4.78 is 10.5. The second-order valence-electron chi connectivity index (χ2n) is 5.31. The van der Waals surface area contributed by atoms with Crippen molar-refractivity contribution in [1.29, 1.82) is 0 Å². The van der Waals surface area contributed by atoms with Crippen LogP contribution < -0.4 is 9.47 Å². The lowest BCUT2D eigenvalue weighted by molar-refractivity contribution is 0.163. The number of unbranched alkanes of at least 4 members (excludes halogenated alkanes) is 5. The highest BCUT2D eigenvalue weighted by molar-refractivity contribution is 6.32. The Morgan fingerprint density at radius 1 is 1.05 bits per heavy atom. The van der Waals surface area contributed by atoms with E-state index in [4.69, 9.17) is 21.1 Å². The van der Waals surface area contributed by atoms with Crippen molar-refractivity contribution in [2.45, 2.75) is 58.0 Å². The maximum absolute atomic E-state index is 10.3. The van der Waals surface area contributed by atoms with Crippen molar-refractivity contribution < 1.29 is 14.6 Å². The van der Waals surface area contributed by atoms with Crippen LogP contribution in [0.1, 0.15) is 63.5 Å². The number of hydrogen-bond donors (Lipinski definition) is 1. The van der Waals surface area contributed by atoms with Gasteiger partial charge in [0.15, 0.2) is 11.5 Å². The highest BCUT2D eigenvalue weighted by Crippen LogP contribution is 2.38. The summed E-state index contributed by atoms with van der Waals surface area (Å²) in [7, 11) is 3.12. The number of hydrogen-bond acceptors (Lipinski definition) is 3. The minimum Gasteiger partial charge on any atom is -0.493 e. The van der Waals surface area contributed by atoms with Crippen molar-refractivity contribution in [2.24, 2.45) is 0 Å². The van der Waals surface area contributed by atoms with Gasteiger partial charge in [-0.1, -0.05) is 57.0 Å². The molecule has 1 N–H and O–H groups in total. The van der Waals surface area contributed by atoms with Gasteiger partial charge >= 0.3 is 0 Å². The molecule has 0 saturated carbocycles. The molecule has 0 aliphatic heterocycles. The average molecular weight is 315 g/mol. The molecule has 4 heteroatoms. The lowest BCUT2D eigenvalue weighted by atomic mass is 10.0. The van der Waals surface area contributed by atoms with Crippen LogP contribution in [0, 0.1) is 0 Å². The third-order valence-corrected chi connectivity index (χ3v) is 3.95. The normalized spacial score (nSPS) is 12.2. The number of aliphatic hydroxyl groups excluding tert-OH is 1. The quantitative estimate of drug-likeness (QED) is 0.608. The van der Waals surface area contributed by atoms with Crippen LogP contribution in [0.3, 0.4) is 0 Å². The van der Waals surface area contributed by atoms with E-state index in [1.165, 1.54) is 25.7 Å². The van der Waals surface area contributed by atoms with E-state index in [2.05, 4.69) is 6.92 Å². The SMILES string of the molecule is CCCCCCCCC(O)c1cc(Cl)c(OC)c(OC)c1. The molecule has 21 heavy (non-hydrogen) atoms. The first-order valence-corrected chi connectivity index (χ1v) is 8.11. The van der Waals surface area contributed by atoms with E-state index < -0.39 is 6.10 Å². The molecule has 0 aliphatic carbocycles. The number of ether oxygens (including phenoxy) is 2. The number of halogens is 1. The van der Waals surface area contributed by atoms with Crippen molar-refractivity contribution in [3.63, 3.8) is 0 Å². The molecule has 0 saturated heterocycles. The zero-order valence-corrected chi connectivity index (χ0v) is 14.1. The van der Waals surface area contributed by atoms with Crippen LogP contribution in [0.2, 0.25) is 5.02 Å². The lowest BCUT2D eigenvalue weighted by Gasteiger charge is -2.15. The Labute approximate surface area is 133 Å². The highest BCUT2D eigenvalue weighted by Gasteiger charge is 2.15. The number of benzene rings is 1. The van der Waals surface area contributed by atoms with Crippen molar-refractivity contribution in [3.05, 3.63) is 22.7 Å². The zero-order chi connectivity index (χ0) is 15.7. The molecule has 0 fully saturated rings. The van der Waals surface area contributed by atoms with Gasteiger partial charge in [0.2, 0.25) is 0 Å². The third kappa shape index (κ3) is 5.76. The molecular weight excluding hydrogens is 288 g/mol. The van der Waals surface area contributed by atoms with Gasteiger partial charge in [-0.15, -0.1) is 0 Å². The first kappa shape index (κ1) is 18.1. The molecule has 3 nitrogen and oxygen atoms in total. The summed E-state index contributed by atoms with van der Waals surface area (Å²) in [5, 5.41) is 10.7. The van der Waals surface area contributed by atoms with Crippen molar-refractivity contribution in [2.75, 3.05) is 14.2 Å². The Bertz CT molecular complexity index is 421. The standard InChI is InChI=1S/C17H27ClO3/c1-4-5-6-7-8-9-10-15(19)13-11-14(18)17(21-3)16(12-13)20-2/h11-12,15,19H,4-10H2,1-3H3. The van der Waals surface area contributed by atoms with Gasteiger partial charge in [-0.3, -0.25) is 0 Å². The van der Waals surface area contributed by atoms with E-state index in [-0.39, 0.29) is 0 Å². The van der Waals surface area contributed by atoms with Crippen LogP contribution in [0.4, 0.5) is 0 Å². The first-order chi connectivity index (χ1) is 10.1. The largest absolute Gasteiger partial charge is 0.493 e. The molecule has 0 radical (unpaired) electrons. The topological polar surface area (TPSA) is 38.7 Å². The molecule has 0 amide bonds. The summed E-state index contributed by atoms with van der Waals surface area (Å²) in [6, 6.07) is 3.55. The predicted molar refractivity (Wildman–Crippen MR) is 87.5 cm³/mol. The molecule has 1 atom stereocenters. The smallest absolute Gasteiger partial charge is 0.179 e. The minimum absolute atomic E-state index is 0.467. The maximum atomic E-state index is 10.3. The van der Waals surface area contributed by atoms with Gasteiger partial charge in [0.05, 0.1) is 25.3 Å². The van der Waals surface area contributed by atoms with Crippen LogP contribution in [0.5, 0.6) is 11.5 Å². The molecule has 0 spiro atoms. The van der Waals surface area contributed by atoms with E-state index in [1.807, 2.05) is 0 Å². The van der Waals surface area contributed by atoms with Crippen LogP contribution in [-0.4, -0.2) is 19.3 Å². The Morgan fingerprint density at radius 2 is 1.71 bits per heavy atom. The van der Waals surface area contributed by atoms with Crippen LogP contribution in [0.25, 0.3) is 0 Å². The molecule has 1 unspecified atom stereocenters. The molecule has 1 rings (SSSR count). The van der Waals surface area contributed by atoms with E-state index in [9.17, 15) is 5.11 Å². The molecule has 1 aromatic rings.